The Morgan fingerprint density at radius 1 is 1.12 bits per heavy atom. The van der Waals surface area contributed by atoms with Gasteiger partial charge in [-0.1, -0.05) is 71.4 Å². The maximum Gasteiger partial charge on any atom is 0.329 e. The predicted molar refractivity (Wildman–Crippen MR) is 164 cm³/mol. The van der Waals surface area contributed by atoms with Crippen molar-refractivity contribution < 1.29 is 23.9 Å². The standard InChI is InChI=1S/C31H55N3O5S/c1-8-10-11-14-17-24-18-15-12-13-16-19-25(29(36)32(5)6)22-27(31(38)39-9-2)34(40)30(37)26(20-23(3)4)33(7)28(35)21-24/h13,16,23-27,40H,8-12,14-15,17-22H2,1-7H3/b16-13-/t24?,25?,26-,27-/m0/s1. The molecule has 0 saturated carbocycles. The smallest absolute Gasteiger partial charge is 0.329 e. The highest BCUT2D eigenvalue weighted by molar-refractivity contribution is 7.78. The van der Waals surface area contributed by atoms with Crippen LogP contribution in [0.1, 0.15) is 105 Å². The molecule has 0 fully saturated rings. The number of amides is 3. The average molecular weight is 582 g/mol. The molecule has 1 rings (SSSR count). The van der Waals surface area contributed by atoms with Gasteiger partial charge in [0.1, 0.15) is 12.1 Å². The van der Waals surface area contributed by atoms with E-state index in [-0.39, 0.29) is 36.7 Å². The summed E-state index contributed by atoms with van der Waals surface area (Å²) in [5.41, 5.74) is 0. The van der Waals surface area contributed by atoms with Crippen molar-refractivity contribution in [1.82, 2.24) is 14.1 Å². The third kappa shape index (κ3) is 12.2. The first kappa shape index (κ1) is 36.0. The molecule has 0 bridgehead atoms. The fourth-order valence-corrected chi connectivity index (χ4v) is 5.64. The van der Waals surface area contributed by atoms with Gasteiger partial charge < -0.3 is 14.5 Å². The highest BCUT2D eigenvalue weighted by Crippen LogP contribution is 2.27. The van der Waals surface area contributed by atoms with Crippen LogP contribution in [0.4, 0.5) is 0 Å². The van der Waals surface area contributed by atoms with E-state index in [0.29, 0.717) is 19.3 Å². The number of ether oxygens (including phenoxy) is 1. The summed E-state index contributed by atoms with van der Waals surface area (Å²) in [6, 6.07) is -1.83. The first-order valence-electron chi connectivity index (χ1n) is 15.2. The van der Waals surface area contributed by atoms with Crippen LogP contribution in [0.2, 0.25) is 0 Å². The van der Waals surface area contributed by atoms with Gasteiger partial charge >= 0.3 is 5.97 Å². The Balaban J connectivity index is 3.44. The topological polar surface area (TPSA) is 87.2 Å². The Morgan fingerprint density at radius 2 is 1.82 bits per heavy atom. The molecule has 0 aromatic heterocycles. The Labute approximate surface area is 248 Å². The lowest BCUT2D eigenvalue weighted by Crippen LogP contribution is -2.52. The van der Waals surface area contributed by atoms with Crippen molar-refractivity contribution in [2.75, 3.05) is 27.7 Å². The summed E-state index contributed by atoms with van der Waals surface area (Å²) < 4.78 is 6.44. The molecule has 230 valence electrons. The lowest BCUT2D eigenvalue weighted by atomic mass is 9.90. The van der Waals surface area contributed by atoms with Crippen LogP contribution in [0.3, 0.4) is 0 Å². The largest absolute Gasteiger partial charge is 0.464 e. The zero-order valence-corrected chi connectivity index (χ0v) is 27.0. The van der Waals surface area contributed by atoms with Gasteiger partial charge in [0.25, 0.3) is 5.91 Å². The minimum atomic E-state index is -1.06. The highest BCUT2D eigenvalue weighted by Gasteiger charge is 2.39. The van der Waals surface area contributed by atoms with Gasteiger partial charge in [-0.3, -0.25) is 18.7 Å². The van der Waals surface area contributed by atoms with Crippen molar-refractivity contribution in [3.8, 4) is 0 Å². The number of carbonyl (C=O) groups is 4. The minimum absolute atomic E-state index is 0.0581. The van der Waals surface area contributed by atoms with Crippen molar-refractivity contribution in [3.63, 3.8) is 0 Å². The van der Waals surface area contributed by atoms with E-state index in [0.717, 1.165) is 42.8 Å². The van der Waals surface area contributed by atoms with E-state index in [1.807, 2.05) is 19.9 Å². The number of esters is 1. The molecule has 4 atom stereocenters. The first-order chi connectivity index (χ1) is 18.9. The number of thiol groups is 1. The molecule has 0 aliphatic carbocycles. The van der Waals surface area contributed by atoms with Crippen LogP contribution in [-0.2, 0) is 23.9 Å². The number of likely N-dealkylation sites (N-methyl/N-ethyl adjacent to an activating group) is 1. The van der Waals surface area contributed by atoms with Crippen LogP contribution in [0.25, 0.3) is 0 Å². The van der Waals surface area contributed by atoms with Crippen molar-refractivity contribution in [2.24, 2.45) is 17.8 Å². The molecule has 0 spiro atoms. The van der Waals surface area contributed by atoms with E-state index in [1.54, 1.807) is 33.0 Å². The lowest BCUT2D eigenvalue weighted by molar-refractivity contribution is -0.154. The van der Waals surface area contributed by atoms with Gasteiger partial charge in [-0.15, -0.1) is 0 Å². The molecule has 8 nitrogen and oxygen atoms in total. The highest BCUT2D eigenvalue weighted by atomic mass is 32.1. The molecule has 40 heavy (non-hydrogen) atoms. The number of rotatable bonds is 10. The molecule has 0 aromatic rings. The van der Waals surface area contributed by atoms with Gasteiger partial charge in [-0.05, 0) is 63.7 Å². The number of carbonyl (C=O) groups excluding carboxylic acids is 4. The van der Waals surface area contributed by atoms with Crippen molar-refractivity contribution >= 4 is 36.5 Å². The van der Waals surface area contributed by atoms with Crippen LogP contribution in [-0.4, -0.2) is 77.6 Å². The summed E-state index contributed by atoms with van der Waals surface area (Å²) in [4.78, 5) is 56.8. The van der Waals surface area contributed by atoms with E-state index in [1.165, 1.54) is 17.7 Å². The van der Waals surface area contributed by atoms with E-state index >= 15 is 0 Å². The average Bonchev–Trinajstić information content (AvgIpc) is 2.90. The number of hydrogen-bond acceptors (Lipinski definition) is 6. The number of hydrogen-bond donors (Lipinski definition) is 1. The van der Waals surface area contributed by atoms with Crippen molar-refractivity contribution in [3.05, 3.63) is 12.2 Å². The van der Waals surface area contributed by atoms with Crippen LogP contribution in [0, 0.1) is 17.8 Å². The van der Waals surface area contributed by atoms with Crippen LogP contribution < -0.4 is 0 Å². The van der Waals surface area contributed by atoms with Gasteiger partial charge in [0, 0.05) is 33.5 Å². The monoisotopic (exact) mass is 581 g/mol. The SMILES string of the molecule is CCCCCCC1CCC/C=C\CC(C(=O)N(C)C)C[C@@H](C(=O)OCC)N(S)C(=O)[C@H](CC(C)C)N(C)C(=O)C1. The molecule has 0 aromatic carbocycles. The Bertz CT molecular complexity index is 832. The summed E-state index contributed by atoms with van der Waals surface area (Å²) in [6.07, 6.45) is 13.9. The fourth-order valence-electron chi connectivity index (χ4n) is 5.32. The zero-order chi connectivity index (χ0) is 30.2. The number of allylic oxidation sites excluding steroid dienone is 2. The van der Waals surface area contributed by atoms with E-state index < -0.39 is 29.9 Å². The molecule has 0 radical (unpaired) electrons. The molecule has 1 heterocycles. The maximum atomic E-state index is 13.9. The third-order valence-corrected chi connectivity index (χ3v) is 8.19. The van der Waals surface area contributed by atoms with E-state index in [4.69, 9.17) is 4.74 Å². The summed E-state index contributed by atoms with van der Waals surface area (Å²) in [7, 11) is 5.06. The van der Waals surface area contributed by atoms with Crippen molar-refractivity contribution in [1.29, 1.82) is 0 Å². The lowest BCUT2D eigenvalue weighted by Gasteiger charge is -2.35. The Morgan fingerprint density at radius 3 is 2.42 bits per heavy atom. The van der Waals surface area contributed by atoms with Crippen LogP contribution in [0.15, 0.2) is 12.2 Å². The Hall–Kier alpha value is -2.03. The zero-order valence-electron chi connectivity index (χ0n) is 26.1. The van der Waals surface area contributed by atoms with Gasteiger partial charge in [0.15, 0.2) is 0 Å². The molecule has 2 unspecified atom stereocenters. The number of nitrogens with zero attached hydrogens (tertiary/aromatic N) is 3. The second kappa shape index (κ2) is 19.2. The third-order valence-electron chi connectivity index (χ3n) is 7.72. The van der Waals surface area contributed by atoms with Crippen molar-refractivity contribution in [2.45, 2.75) is 117 Å². The minimum Gasteiger partial charge on any atom is -0.464 e. The molecule has 9 heteroatoms. The molecular weight excluding hydrogens is 526 g/mol. The molecule has 0 N–H and O–H groups in total. The quantitative estimate of drug-likeness (QED) is 0.156. The summed E-state index contributed by atoms with van der Waals surface area (Å²) in [6.45, 7) is 8.05. The second-order valence-electron chi connectivity index (χ2n) is 11.8. The fraction of sp³-hybridized carbons (Fsp3) is 0.806. The van der Waals surface area contributed by atoms with Gasteiger partial charge in [0.2, 0.25) is 11.8 Å². The summed E-state index contributed by atoms with van der Waals surface area (Å²) in [5, 5.41) is 0. The van der Waals surface area contributed by atoms with Gasteiger partial charge in [-0.25, -0.2) is 4.79 Å². The van der Waals surface area contributed by atoms with Gasteiger partial charge in [-0.2, -0.15) is 0 Å². The molecule has 1 aliphatic rings. The molecule has 0 saturated heterocycles. The molecule has 1 aliphatic heterocycles. The summed E-state index contributed by atoms with van der Waals surface area (Å²) >= 11 is 4.53. The predicted octanol–water partition coefficient (Wildman–Crippen LogP) is 5.67. The van der Waals surface area contributed by atoms with Gasteiger partial charge in [0.05, 0.1) is 6.61 Å². The van der Waals surface area contributed by atoms with E-state index in [2.05, 4.69) is 25.8 Å². The molecular formula is C31H55N3O5S. The van der Waals surface area contributed by atoms with Crippen LogP contribution >= 0.6 is 12.8 Å². The first-order valence-corrected chi connectivity index (χ1v) is 15.6. The normalized spacial score (nSPS) is 24.7. The Kier molecular flexibility index (Phi) is 17.2. The van der Waals surface area contributed by atoms with E-state index in [9.17, 15) is 19.2 Å². The number of unbranched alkanes of at least 4 members (excludes halogenated alkanes) is 3. The summed E-state index contributed by atoms with van der Waals surface area (Å²) in [5.74, 6) is -1.34. The molecule has 3 amide bonds. The maximum absolute atomic E-state index is 13.9. The van der Waals surface area contributed by atoms with Crippen LogP contribution in [0.5, 0.6) is 0 Å². The second-order valence-corrected chi connectivity index (χ2v) is 12.3.